The second kappa shape index (κ2) is 9.12. The smallest absolute Gasteiger partial charge is 0.320 e. The van der Waals surface area contributed by atoms with E-state index in [1.807, 2.05) is 36.2 Å². The molecule has 0 aliphatic carbocycles. The van der Waals surface area contributed by atoms with Crippen LogP contribution in [0.4, 0.5) is 4.79 Å². The molecule has 4 heteroatoms. The first-order chi connectivity index (χ1) is 11.6. The van der Waals surface area contributed by atoms with E-state index in [0.29, 0.717) is 5.88 Å². The highest BCUT2D eigenvalue weighted by Crippen LogP contribution is 2.37. The Kier molecular flexibility index (Phi) is 7.16. The summed E-state index contributed by atoms with van der Waals surface area (Å²) >= 11 is 5.78. The van der Waals surface area contributed by atoms with Crippen LogP contribution in [0.2, 0.25) is 0 Å². The van der Waals surface area contributed by atoms with Gasteiger partial charge in [-0.3, -0.25) is 0 Å². The summed E-state index contributed by atoms with van der Waals surface area (Å²) in [4.78, 5) is 16.9. The minimum absolute atomic E-state index is 0.0988. The van der Waals surface area contributed by atoms with Gasteiger partial charge >= 0.3 is 6.03 Å². The maximum absolute atomic E-state index is 12.9. The second-order valence-corrected chi connectivity index (χ2v) is 6.99. The lowest BCUT2D eigenvalue weighted by molar-refractivity contribution is 0.161. The van der Waals surface area contributed by atoms with E-state index < -0.39 is 0 Å². The third-order valence-corrected chi connectivity index (χ3v) is 5.30. The fourth-order valence-corrected chi connectivity index (χ4v) is 3.80. The minimum Gasteiger partial charge on any atom is -0.323 e. The van der Waals surface area contributed by atoms with Gasteiger partial charge in [0, 0.05) is 19.0 Å². The number of carbonyl (C=O) groups excluding carboxylic acids is 1. The summed E-state index contributed by atoms with van der Waals surface area (Å²) in [6.45, 7) is 6.04. The van der Waals surface area contributed by atoms with Crippen LogP contribution < -0.4 is 0 Å². The molecule has 0 N–H and O–H groups in total. The molecule has 3 nitrogen and oxygen atoms in total. The van der Waals surface area contributed by atoms with E-state index in [2.05, 4.69) is 30.5 Å². The van der Waals surface area contributed by atoms with E-state index in [4.69, 9.17) is 11.6 Å². The van der Waals surface area contributed by atoms with Crippen LogP contribution in [0.15, 0.2) is 43.0 Å². The molecule has 1 saturated heterocycles. The number of hydrogen-bond donors (Lipinski definition) is 0. The van der Waals surface area contributed by atoms with Crippen LogP contribution in [0, 0.1) is 0 Å². The van der Waals surface area contributed by atoms with E-state index in [0.717, 1.165) is 32.1 Å². The summed E-state index contributed by atoms with van der Waals surface area (Å²) in [7, 11) is 1.90. The highest BCUT2D eigenvalue weighted by molar-refractivity contribution is 6.17. The molecular weight excluding hydrogens is 320 g/mol. The number of urea groups is 1. The molecular formula is C20H29ClN2O. The first kappa shape index (κ1) is 18.9. The molecule has 0 aromatic heterocycles. The number of alkyl halides is 1. The average molecular weight is 349 g/mol. The molecule has 2 rings (SSSR count). The fraction of sp³-hybridized carbons (Fsp3) is 0.550. The van der Waals surface area contributed by atoms with Crippen molar-refractivity contribution in [2.75, 3.05) is 12.9 Å². The summed E-state index contributed by atoms with van der Waals surface area (Å²) in [6, 6.07) is 10.9. The van der Waals surface area contributed by atoms with Gasteiger partial charge in [-0.2, -0.15) is 0 Å². The van der Waals surface area contributed by atoms with Crippen molar-refractivity contribution in [1.29, 1.82) is 0 Å². The zero-order valence-electron chi connectivity index (χ0n) is 14.8. The van der Waals surface area contributed by atoms with Crippen LogP contribution in [0.3, 0.4) is 0 Å². The lowest BCUT2D eigenvalue weighted by atomic mass is 9.96. The molecule has 1 heterocycles. The van der Waals surface area contributed by atoms with Gasteiger partial charge in [0.25, 0.3) is 0 Å². The van der Waals surface area contributed by atoms with E-state index in [1.54, 1.807) is 0 Å². The molecule has 1 aliphatic rings. The number of carbonyl (C=O) groups is 1. The highest BCUT2D eigenvalue weighted by atomic mass is 35.5. The molecule has 0 radical (unpaired) electrons. The van der Waals surface area contributed by atoms with Crippen LogP contribution >= 0.6 is 11.6 Å². The van der Waals surface area contributed by atoms with Gasteiger partial charge in [0.15, 0.2) is 0 Å². The Morgan fingerprint density at radius 1 is 1.25 bits per heavy atom. The molecule has 1 aromatic rings. The maximum Gasteiger partial charge on any atom is 0.320 e. The van der Waals surface area contributed by atoms with Crippen LogP contribution in [0.25, 0.3) is 0 Å². The van der Waals surface area contributed by atoms with Crippen LogP contribution in [0.1, 0.15) is 50.6 Å². The summed E-state index contributed by atoms with van der Waals surface area (Å²) in [5, 5.41) is 0. The summed E-state index contributed by atoms with van der Waals surface area (Å²) in [6.07, 6.45) is 7.00. The number of hydrogen-bond acceptors (Lipinski definition) is 1. The van der Waals surface area contributed by atoms with Crippen LogP contribution in [-0.4, -0.2) is 40.8 Å². The Labute approximate surface area is 151 Å². The summed E-state index contributed by atoms with van der Waals surface area (Å²) in [5.41, 5.74) is 1.21. The maximum atomic E-state index is 12.9. The van der Waals surface area contributed by atoms with Crippen molar-refractivity contribution in [1.82, 2.24) is 9.80 Å². The van der Waals surface area contributed by atoms with Crippen molar-refractivity contribution in [2.45, 2.75) is 57.2 Å². The number of benzene rings is 1. The normalized spacial score (nSPS) is 22.0. The van der Waals surface area contributed by atoms with Crippen molar-refractivity contribution >= 4 is 17.6 Å². The third kappa shape index (κ3) is 4.13. The molecule has 1 fully saturated rings. The zero-order valence-corrected chi connectivity index (χ0v) is 15.6. The average Bonchev–Trinajstić information content (AvgIpc) is 2.82. The fourth-order valence-electron chi connectivity index (χ4n) is 3.61. The summed E-state index contributed by atoms with van der Waals surface area (Å²) < 4.78 is 0. The third-order valence-electron chi connectivity index (χ3n) is 5.03. The number of nitrogens with zero attached hydrogens (tertiary/aromatic N) is 2. The van der Waals surface area contributed by atoms with E-state index in [1.165, 1.54) is 5.56 Å². The first-order valence-electron chi connectivity index (χ1n) is 8.88. The van der Waals surface area contributed by atoms with E-state index in [9.17, 15) is 4.79 Å². The van der Waals surface area contributed by atoms with Crippen molar-refractivity contribution in [3.8, 4) is 0 Å². The number of rotatable bonds is 9. The Hall–Kier alpha value is -1.48. The van der Waals surface area contributed by atoms with E-state index in [-0.39, 0.29) is 24.2 Å². The monoisotopic (exact) mass is 348 g/mol. The van der Waals surface area contributed by atoms with Gasteiger partial charge < -0.3 is 9.80 Å². The van der Waals surface area contributed by atoms with E-state index >= 15 is 0 Å². The molecule has 132 valence electrons. The number of amides is 2. The molecule has 1 aromatic carbocycles. The second-order valence-electron chi connectivity index (χ2n) is 6.61. The lowest BCUT2D eigenvalue weighted by Gasteiger charge is -2.33. The Morgan fingerprint density at radius 3 is 2.58 bits per heavy atom. The minimum atomic E-state index is 0.0988. The van der Waals surface area contributed by atoms with Crippen molar-refractivity contribution < 1.29 is 4.79 Å². The van der Waals surface area contributed by atoms with Gasteiger partial charge in [0.05, 0.1) is 12.1 Å². The van der Waals surface area contributed by atoms with Gasteiger partial charge in [0.2, 0.25) is 0 Å². The molecule has 1 aliphatic heterocycles. The zero-order chi connectivity index (χ0) is 17.5. The lowest BCUT2D eigenvalue weighted by Crippen LogP contribution is -2.39. The van der Waals surface area contributed by atoms with Gasteiger partial charge in [-0.15, -0.1) is 18.2 Å². The standard InChI is InChI=1S/C20H29ClN2O/c1-4-11-18(14-9-6-10-15-21)23-19(16(2)22(3)20(23)24)17-12-7-5-8-13-17/h4-5,7-8,12-13,16,18-19H,1,6,9-11,14-15H2,2-3H3/t16-,18-,19-/m0/s1. The SMILES string of the molecule is C=CC[C@@H](CCCCCCl)N1C(=O)N(C)[C@@H](C)[C@H]1c1ccccc1. The molecule has 0 unspecified atom stereocenters. The highest BCUT2D eigenvalue weighted by Gasteiger charge is 2.44. The first-order valence-corrected chi connectivity index (χ1v) is 9.42. The Morgan fingerprint density at radius 2 is 1.96 bits per heavy atom. The summed E-state index contributed by atoms with van der Waals surface area (Å²) in [5.74, 6) is 0.710. The van der Waals surface area contributed by atoms with Crippen molar-refractivity contribution in [2.24, 2.45) is 0 Å². The molecule has 0 saturated carbocycles. The quantitative estimate of drug-likeness (QED) is 0.340. The molecule has 24 heavy (non-hydrogen) atoms. The Balaban J connectivity index is 2.23. The predicted molar refractivity (Wildman–Crippen MR) is 101 cm³/mol. The van der Waals surface area contributed by atoms with Gasteiger partial charge in [-0.1, -0.05) is 49.2 Å². The van der Waals surface area contributed by atoms with Gasteiger partial charge in [-0.25, -0.2) is 4.79 Å². The van der Waals surface area contributed by atoms with Gasteiger partial charge in [0.1, 0.15) is 0 Å². The number of likely N-dealkylation sites (N-methyl/N-ethyl adjacent to an activating group) is 1. The predicted octanol–water partition coefficient (Wildman–Crippen LogP) is 5.23. The Bertz CT molecular complexity index is 534. The molecule has 0 bridgehead atoms. The molecule has 0 spiro atoms. The van der Waals surface area contributed by atoms with Crippen LogP contribution in [0.5, 0.6) is 0 Å². The topological polar surface area (TPSA) is 23.6 Å². The van der Waals surface area contributed by atoms with Crippen LogP contribution in [-0.2, 0) is 0 Å². The molecule has 3 atom stereocenters. The largest absolute Gasteiger partial charge is 0.323 e. The number of halogens is 1. The van der Waals surface area contributed by atoms with Crippen molar-refractivity contribution in [3.63, 3.8) is 0 Å². The number of unbranched alkanes of at least 4 members (excludes halogenated alkanes) is 2. The van der Waals surface area contributed by atoms with Crippen molar-refractivity contribution in [3.05, 3.63) is 48.6 Å². The van der Waals surface area contributed by atoms with Gasteiger partial charge in [-0.05, 0) is 31.7 Å². The molecule has 2 amide bonds.